The predicted octanol–water partition coefficient (Wildman–Crippen LogP) is 6.97. The smallest absolute Gasteiger partial charge is 0.333 e. The van der Waals surface area contributed by atoms with E-state index in [1.165, 1.54) is 18.2 Å². The van der Waals surface area contributed by atoms with Gasteiger partial charge < -0.3 is 19.3 Å². The lowest BCUT2D eigenvalue weighted by molar-refractivity contribution is -0.148. The second-order valence-electron chi connectivity index (χ2n) is 9.69. The van der Waals surface area contributed by atoms with Gasteiger partial charge in [-0.15, -0.1) is 0 Å². The van der Waals surface area contributed by atoms with Crippen molar-refractivity contribution in [2.45, 2.75) is 25.6 Å². The van der Waals surface area contributed by atoms with E-state index in [0.717, 1.165) is 33.4 Å². The molecular formula is C34H32O5. The largest absolute Gasteiger partial charge is 0.491 e. The molecule has 39 heavy (non-hydrogen) atoms. The number of carboxylic acid groups (broad SMARTS) is 1. The van der Waals surface area contributed by atoms with Crippen LogP contribution in [0.1, 0.15) is 39.5 Å². The molecule has 2 unspecified atom stereocenters. The summed E-state index contributed by atoms with van der Waals surface area (Å²) in [6.07, 6.45) is 3.54. The van der Waals surface area contributed by atoms with Gasteiger partial charge in [-0.2, -0.15) is 0 Å². The summed E-state index contributed by atoms with van der Waals surface area (Å²) in [5.41, 5.74) is 8.97. The first-order valence-corrected chi connectivity index (χ1v) is 13.1. The number of fused-ring (bicyclic) bond motifs is 2. The zero-order valence-electron chi connectivity index (χ0n) is 22.2. The van der Waals surface area contributed by atoms with Crippen molar-refractivity contribution >= 4 is 18.1 Å². The molecule has 1 aliphatic carbocycles. The molecule has 0 fully saturated rings. The highest BCUT2D eigenvalue weighted by atomic mass is 16.5. The van der Waals surface area contributed by atoms with Crippen molar-refractivity contribution in [2.24, 2.45) is 0 Å². The molecule has 2 atom stereocenters. The molecule has 4 aromatic rings. The molecule has 0 aromatic heterocycles. The van der Waals surface area contributed by atoms with Crippen LogP contribution in [0.2, 0.25) is 0 Å². The Kier molecular flexibility index (Phi) is 8.21. The Bertz CT molecular complexity index is 1460. The van der Waals surface area contributed by atoms with Gasteiger partial charge in [0.1, 0.15) is 18.5 Å². The minimum absolute atomic E-state index is 0.234. The van der Waals surface area contributed by atoms with Gasteiger partial charge in [0.15, 0.2) is 6.10 Å². The third-order valence-corrected chi connectivity index (χ3v) is 6.98. The highest BCUT2D eigenvalue weighted by Gasteiger charge is 2.23. The van der Waals surface area contributed by atoms with Gasteiger partial charge in [-0.1, -0.05) is 90.5 Å². The number of aliphatic carboxylic acids is 1. The summed E-state index contributed by atoms with van der Waals surface area (Å²) in [4.78, 5) is 11.2. The van der Waals surface area contributed by atoms with Gasteiger partial charge in [0.05, 0.1) is 6.61 Å². The van der Waals surface area contributed by atoms with E-state index in [-0.39, 0.29) is 6.10 Å². The van der Waals surface area contributed by atoms with Gasteiger partial charge in [-0.25, -0.2) is 4.79 Å². The Morgan fingerprint density at radius 3 is 2.33 bits per heavy atom. The molecule has 1 aliphatic rings. The Labute approximate surface area is 229 Å². The van der Waals surface area contributed by atoms with Crippen molar-refractivity contribution in [2.75, 3.05) is 20.3 Å². The summed E-state index contributed by atoms with van der Waals surface area (Å²) in [5.74, 6) is -0.269. The van der Waals surface area contributed by atoms with E-state index in [0.29, 0.717) is 25.4 Å². The summed E-state index contributed by atoms with van der Waals surface area (Å²) in [6, 6.07) is 30.9. The third kappa shape index (κ3) is 6.28. The van der Waals surface area contributed by atoms with Crippen molar-refractivity contribution in [1.82, 2.24) is 0 Å². The average Bonchev–Trinajstić information content (AvgIpc) is 3.11. The molecule has 5 rings (SSSR count). The predicted molar refractivity (Wildman–Crippen MR) is 154 cm³/mol. The molecule has 5 heteroatoms. The van der Waals surface area contributed by atoms with E-state index < -0.39 is 12.1 Å². The minimum atomic E-state index is -0.974. The number of aryl methyl sites for hydroxylation is 1. The fraction of sp³-hybridized carbons (Fsp3) is 0.206. The molecule has 0 saturated heterocycles. The average molecular weight is 521 g/mol. The Morgan fingerprint density at radius 1 is 0.821 bits per heavy atom. The van der Waals surface area contributed by atoms with Crippen LogP contribution in [-0.2, 0) is 20.7 Å². The summed E-state index contributed by atoms with van der Waals surface area (Å²) in [6.45, 7) is 2.89. The van der Waals surface area contributed by atoms with E-state index in [2.05, 4.69) is 79.7 Å². The van der Waals surface area contributed by atoms with Gasteiger partial charge in [0, 0.05) is 13.5 Å². The maximum Gasteiger partial charge on any atom is 0.333 e. The molecule has 0 radical (unpaired) electrons. The number of methoxy groups -OCH3 is 1. The lowest BCUT2D eigenvalue weighted by atomic mass is 9.92. The standard InChI is InChI=1S/C34H32O5/c1-23-8-17-30-28(20-23)14-12-26-11-13-27(25-6-4-3-5-7-25)22-31(26)33(30)39-19-18-38-29-15-9-24(10-16-29)21-32(37-2)34(35)36/h3-17,20,22,32-33H,18-19,21H2,1-2H3,(H,35,36). The van der Waals surface area contributed by atoms with Crippen molar-refractivity contribution in [3.05, 3.63) is 124 Å². The third-order valence-electron chi connectivity index (χ3n) is 6.98. The lowest BCUT2D eigenvalue weighted by Gasteiger charge is -2.22. The minimum Gasteiger partial charge on any atom is -0.491 e. The first kappa shape index (κ1) is 26.4. The number of ether oxygens (including phenoxy) is 3. The SMILES string of the molecule is COC(Cc1ccc(OCCOC2c3ccc(C)cc3C=Cc3ccc(-c4ccccc4)cc32)cc1)C(=O)O. The highest BCUT2D eigenvalue weighted by Crippen LogP contribution is 2.38. The van der Waals surface area contributed by atoms with Crippen LogP contribution in [-0.4, -0.2) is 37.5 Å². The highest BCUT2D eigenvalue weighted by molar-refractivity contribution is 5.78. The number of hydrogen-bond acceptors (Lipinski definition) is 4. The van der Waals surface area contributed by atoms with E-state index >= 15 is 0 Å². The van der Waals surface area contributed by atoms with E-state index in [4.69, 9.17) is 14.2 Å². The number of carboxylic acids is 1. The first-order chi connectivity index (χ1) is 19.0. The Hall–Kier alpha value is -4.19. The second kappa shape index (κ2) is 12.1. The summed E-state index contributed by atoms with van der Waals surface area (Å²) in [7, 11) is 1.40. The number of benzene rings is 4. The number of rotatable bonds is 10. The van der Waals surface area contributed by atoms with E-state index in [1.807, 2.05) is 30.3 Å². The van der Waals surface area contributed by atoms with Crippen molar-refractivity contribution in [3.63, 3.8) is 0 Å². The van der Waals surface area contributed by atoms with Crippen molar-refractivity contribution in [1.29, 1.82) is 0 Å². The first-order valence-electron chi connectivity index (χ1n) is 13.1. The van der Waals surface area contributed by atoms with Gasteiger partial charge in [-0.05, 0) is 64.1 Å². The molecule has 0 bridgehead atoms. The van der Waals surface area contributed by atoms with Gasteiger partial charge in [-0.3, -0.25) is 0 Å². The number of hydrogen-bond donors (Lipinski definition) is 1. The molecule has 0 amide bonds. The maximum absolute atomic E-state index is 11.2. The molecule has 0 aliphatic heterocycles. The van der Waals surface area contributed by atoms with Crippen LogP contribution in [0.3, 0.4) is 0 Å². The normalized spacial score (nSPS) is 14.7. The fourth-order valence-corrected chi connectivity index (χ4v) is 4.90. The zero-order valence-corrected chi connectivity index (χ0v) is 22.2. The van der Waals surface area contributed by atoms with Gasteiger partial charge >= 0.3 is 5.97 Å². The molecular weight excluding hydrogens is 488 g/mol. The summed E-state index contributed by atoms with van der Waals surface area (Å²) >= 11 is 0. The molecule has 0 spiro atoms. The summed E-state index contributed by atoms with van der Waals surface area (Å²) < 4.78 is 17.5. The maximum atomic E-state index is 11.2. The molecule has 4 aromatic carbocycles. The van der Waals surface area contributed by atoms with Crippen LogP contribution >= 0.6 is 0 Å². The molecule has 198 valence electrons. The van der Waals surface area contributed by atoms with Crippen molar-refractivity contribution in [3.8, 4) is 16.9 Å². The Balaban J connectivity index is 1.31. The van der Waals surface area contributed by atoms with Crippen LogP contribution in [0.25, 0.3) is 23.3 Å². The van der Waals surface area contributed by atoms with Gasteiger partial charge in [0.25, 0.3) is 0 Å². The van der Waals surface area contributed by atoms with Crippen LogP contribution in [0.4, 0.5) is 0 Å². The number of carbonyl (C=O) groups is 1. The fourth-order valence-electron chi connectivity index (χ4n) is 4.90. The van der Waals surface area contributed by atoms with Crippen LogP contribution in [0.5, 0.6) is 5.75 Å². The Morgan fingerprint density at radius 2 is 1.59 bits per heavy atom. The van der Waals surface area contributed by atoms with Crippen molar-refractivity contribution < 1.29 is 24.1 Å². The van der Waals surface area contributed by atoms with E-state index in [1.54, 1.807) is 0 Å². The van der Waals surface area contributed by atoms with Crippen LogP contribution in [0, 0.1) is 6.92 Å². The molecule has 0 saturated carbocycles. The topological polar surface area (TPSA) is 65.0 Å². The lowest BCUT2D eigenvalue weighted by Crippen LogP contribution is -2.24. The van der Waals surface area contributed by atoms with Crippen LogP contribution < -0.4 is 4.74 Å². The summed E-state index contributed by atoms with van der Waals surface area (Å²) in [5, 5.41) is 9.20. The molecule has 1 N–H and O–H groups in total. The zero-order chi connectivity index (χ0) is 27.2. The van der Waals surface area contributed by atoms with Gasteiger partial charge in [0.2, 0.25) is 0 Å². The molecule has 5 nitrogen and oxygen atoms in total. The molecule has 0 heterocycles. The van der Waals surface area contributed by atoms with Crippen LogP contribution in [0.15, 0.2) is 91.0 Å². The second-order valence-corrected chi connectivity index (χ2v) is 9.69. The quantitative estimate of drug-likeness (QED) is 0.229. The monoisotopic (exact) mass is 520 g/mol. The van der Waals surface area contributed by atoms with E-state index in [9.17, 15) is 9.90 Å².